The standard InChI is InChI=1S/C22H30N4O3/c1-4-14-11-24-17-15(23)12-26(2)18(17)16(14)19(27)25-13-21-5-8-22(9-6-21,10-7-21)20(28)29-3/h11-12H,4-10,13,23H2,1-3H3,(H,25,27). The van der Waals surface area contributed by atoms with Crippen LogP contribution >= 0.6 is 0 Å². The second-order valence-corrected chi connectivity index (χ2v) is 8.86. The van der Waals surface area contributed by atoms with Crippen molar-refractivity contribution in [3.8, 4) is 0 Å². The van der Waals surface area contributed by atoms with E-state index < -0.39 is 0 Å². The lowest BCUT2D eigenvalue weighted by Crippen LogP contribution is -2.50. The van der Waals surface area contributed by atoms with Gasteiger partial charge in [0, 0.05) is 26.0 Å². The first-order valence-electron chi connectivity index (χ1n) is 10.4. The zero-order valence-electron chi connectivity index (χ0n) is 17.5. The molecule has 0 radical (unpaired) electrons. The van der Waals surface area contributed by atoms with E-state index in [4.69, 9.17) is 10.5 Å². The fraction of sp³-hybridized carbons (Fsp3) is 0.591. The molecule has 2 aromatic heterocycles. The predicted octanol–water partition coefficient (Wildman–Crippen LogP) is 2.96. The lowest BCUT2D eigenvalue weighted by molar-refractivity contribution is -0.162. The van der Waals surface area contributed by atoms with E-state index in [1.165, 1.54) is 7.11 Å². The molecule has 156 valence electrons. The molecule has 0 aliphatic heterocycles. The first-order valence-corrected chi connectivity index (χ1v) is 10.4. The van der Waals surface area contributed by atoms with Crippen LogP contribution in [0.4, 0.5) is 5.69 Å². The van der Waals surface area contributed by atoms with Crippen molar-refractivity contribution in [2.45, 2.75) is 51.9 Å². The number of fused-ring (bicyclic) bond motifs is 4. The SMILES string of the molecule is CCc1cnc2c(N)cn(C)c2c1C(=O)NCC12CCC(C(=O)OC)(CC1)CC2. The van der Waals surface area contributed by atoms with Crippen LogP contribution in [0.25, 0.3) is 11.0 Å². The summed E-state index contributed by atoms with van der Waals surface area (Å²) in [6.45, 7) is 2.66. The van der Waals surface area contributed by atoms with E-state index in [0.29, 0.717) is 23.3 Å². The first kappa shape index (κ1) is 19.7. The van der Waals surface area contributed by atoms with Crippen LogP contribution in [0, 0.1) is 10.8 Å². The molecule has 3 saturated carbocycles. The Morgan fingerprint density at radius 2 is 1.90 bits per heavy atom. The van der Waals surface area contributed by atoms with Gasteiger partial charge in [-0.3, -0.25) is 14.6 Å². The number of aromatic nitrogens is 2. The molecule has 3 aliphatic carbocycles. The average molecular weight is 399 g/mol. The number of anilines is 1. The fourth-order valence-electron chi connectivity index (χ4n) is 5.36. The van der Waals surface area contributed by atoms with Gasteiger partial charge in [0.25, 0.3) is 5.91 Å². The lowest BCUT2D eigenvalue weighted by atomic mass is 9.53. The number of nitrogens with zero attached hydrogens (tertiary/aromatic N) is 2. The minimum atomic E-state index is -0.298. The fourth-order valence-corrected chi connectivity index (χ4v) is 5.36. The largest absolute Gasteiger partial charge is 0.469 e. The van der Waals surface area contributed by atoms with E-state index in [0.717, 1.165) is 56.0 Å². The number of nitrogens with two attached hydrogens (primary N) is 1. The van der Waals surface area contributed by atoms with Crippen LogP contribution in [-0.4, -0.2) is 35.1 Å². The summed E-state index contributed by atoms with van der Waals surface area (Å²) < 4.78 is 6.93. The number of hydrogen-bond acceptors (Lipinski definition) is 5. The van der Waals surface area contributed by atoms with Crippen molar-refractivity contribution in [1.82, 2.24) is 14.9 Å². The van der Waals surface area contributed by atoms with Crippen molar-refractivity contribution in [2.75, 3.05) is 19.4 Å². The van der Waals surface area contributed by atoms with Crippen molar-refractivity contribution in [3.05, 3.63) is 23.5 Å². The number of amides is 1. The molecule has 0 saturated heterocycles. The number of ether oxygens (including phenoxy) is 1. The molecule has 2 heterocycles. The summed E-state index contributed by atoms with van der Waals surface area (Å²) in [5, 5.41) is 3.21. The van der Waals surface area contributed by atoms with Gasteiger partial charge < -0.3 is 20.4 Å². The van der Waals surface area contributed by atoms with Crippen molar-refractivity contribution in [3.63, 3.8) is 0 Å². The van der Waals surface area contributed by atoms with Gasteiger partial charge in [0.1, 0.15) is 5.52 Å². The number of aryl methyl sites for hydroxylation is 2. The summed E-state index contributed by atoms with van der Waals surface area (Å²) >= 11 is 0. The third-order valence-electron chi connectivity index (χ3n) is 7.34. The second-order valence-electron chi connectivity index (χ2n) is 8.86. The summed E-state index contributed by atoms with van der Waals surface area (Å²) in [4.78, 5) is 29.9. The maximum absolute atomic E-state index is 13.3. The molecule has 0 spiro atoms. The highest BCUT2D eigenvalue weighted by Gasteiger charge is 2.53. The summed E-state index contributed by atoms with van der Waals surface area (Å²) in [5.41, 5.74) is 9.48. The van der Waals surface area contributed by atoms with E-state index in [2.05, 4.69) is 10.3 Å². The Hall–Kier alpha value is -2.57. The quantitative estimate of drug-likeness (QED) is 0.755. The molecule has 3 N–H and O–H groups in total. The van der Waals surface area contributed by atoms with Gasteiger partial charge in [-0.2, -0.15) is 0 Å². The Morgan fingerprint density at radius 1 is 1.24 bits per heavy atom. The number of carbonyl (C=O) groups is 2. The zero-order chi connectivity index (χ0) is 20.8. The van der Waals surface area contributed by atoms with E-state index in [-0.39, 0.29) is 22.7 Å². The van der Waals surface area contributed by atoms with Gasteiger partial charge >= 0.3 is 5.97 Å². The minimum Gasteiger partial charge on any atom is -0.469 e. The van der Waals surface area contributed by atoms with E-state index in [9.17, 15) is 9.59 Å². The van der Waals surface area contributed by atoms with Gasteiger partial charge in [0.15, 0.2) is 0 Å². The van der Waals surface area contributed by atoms with Crippen LogP contribution in [0.1, 0.15) is 61.4 Å². The number of pyridine rings is 1. The van der Waals surface area contributed by atoms with Gasteiger partial charge in [0.05, 0.1) is 29.3 Å². The Balaban J connectivity index is 1.54. The predicted molar refractivity (Wildman–Crippen MR) is 111 cm³/mol. The highest BCUT2D eigenvalue weighted by Crippen LogP contribution is 2.57. The maximum Gasteiger partial charge on any atom is 0.311 e. The molecular formula is C22H30N4O3. The Kier molecular flexibility index (Phi) is 4.79. The third kappa shape index (κ3) is 3.07. The van der Waals surface area contributed by atoms with E-state index >= 15 is 0 Å². The van der Waals surface area contributed by atoms with Gasteiger partial charge in [0.2, 0.25) is 0 Å². The lowest BCUT2D eigenvalue weighted by Gasteiger charge is -2.51. The van der Waals surface area contributed by atoms with E-state index in [1.807, 2.05) is 18.5 Å². The number of esters is 1. The molecule has 0 aromatic carbocycles. The molecule has 7 heteroatoms. The third-order valence-corrected chi connectivity index (χ3v) is 7.34. The smallest absolute Gasteiger partial charge is 0.311 e. The van der Waals surface area contributed by atoms with Crippen LogP contribution in [-0.2, 0) is 23.0 Å². The highest BCUT2D eigenvalue weighted by molar-refractivity contribution is 6.08. The molecule has 2 bridgehead atoms. The minimum absolute atomic E-state index is 0.0668. The molecule has 0 atom stereocenters. The Morgan fingerprint density at radius 3 is 2.48 bits per heavy atom. The van der Waals surface area contributed by atoms with Crippen LogP contribution < -0.4 is 11.1 Å². The van der Waals surface area contributed by atoms with Crippen molar-refractivity contribution < 1.29 is 14.3 Å². The zero-order valence-corrected chi connectivity index (χ0v) is 17.5. The summed E-state index contributed by atoms with van der Waals surface area (Å²) in [7, 11) is 3.37. The van der Waals surface area contributed by atoms with Crippen molar-refractivity contribution in [2.24, 2.45) is 17.9 Å². The highest BCUT2D eigenvalue weighted by atomic mass is 16.5. The van der Waals surface area contributed by atoms with Crippen molar-refractivity contribution in [1.29, 1.82) is 0 Å². The Bertz CT molecular complexity index is 954. The number of methoxy groups -OCH3 is 1. The molecule has 3 fully saturated rings. The van der Waals surface area contributed by atoms with Gasteiger partial charge in [-0.1, -0.05) is 6.92 Å². The van der Waals surface area contributed by atoms with Gasteiger partial charge in [-0.05, 0) is 55.9 Å². The molecule has 3 aliphatic rings. The van der Waals surface area contributed by atoms with Gasteiger partial charge in [-0.25, -0.2) is 0 Å². The summed E-state index contributed by atoms with van der Waals surface area (Å²) in [6, 6.07) is 0. The van der Waals surface area contributed by atoms with Crippen LogP contribution in [0.3, 0.4) is 0 Å². The average Bonchev–Trinajstić information content (AvgIpc) is 3.05. The number of nitrogens with one attached hydrogen (secondary N) is 1. The van der Waals surface area contributed by atoms with Crippen LogP contribution in [0.5, 0.6) is 0 Å². The van der Waals surface area contributed by atoms with Crippen LogP contribution in [0.2, 0.25) is 0 Å². The number of carbonyl (C=O) groups excluding carboxylic acids is 2. The maximum atomic E-state index is 13.3. The first-order chi connectivity index (χ1) is 13.8. The number of rotatable bonds is 5. The topological polar surface area (TPSA) is 99.2 Å². The van der Waals surface area contributed by atoms with Gasteiger partial charge in [-0.15, -0.1) is 0 Å². The second kappa shape index (κ2) is 7.04. The Labute approximate surface area is 171 Å². The summed E-state index contributed by atoms with van der Waals surface area (Å²) in [6.07, 6.45) is 9.70. The number of nitrogen functional groups attached to an aromatic ring is 1. The normalized spacial score (nSPS) is 25.9. The molecule has 5 rings (SSSR count). The van der Waals surface area contributed by atoms with Crippen molar-refractivity contribution >= 4 is 28.6 Å². The molecule has 1 amide bonds. The van der Waals surface area contributed by atoms with E-state index in [1.54, 1.807) is 12.4 Å². The van der Waals surface area contributed by atoms with Crippen LogP contribution in [0.15, 0.2) is 12.4 Å². The molecule has 2 aromatic rings. The molecule has 7 nitrogen and oxygen atoms in total. The molecular weight excluding hydrogens is 368 g/mol. The molecule has 29 heavy (non-hydrogen) atoms. The molecule has 0 unspecified atom stereocenters. The number of hydrogen-bond donors (Lipinski definition) is 2. The summed E-state index contributed by atoms with van der Waals surface area (Å²) in [5.74, 6) is -0.136. The monoisotopic (exact) mass is 398 g/mol.